The molecule has 0 saturated carbocycles. The second-order valence-corrected chi connectivity index (χ2v) is 8.09. The molecule has 1 aromatic rings. The molecule has 0 spiro atoms. The first-order valence-electron chi connectivity index (χ1n) is 5.57. The zero-order valence-corrected chi connectivity index (χ0v) is 12.9. The summed E-state index contributed by atoms with van der Waals surface area (Å²) in [5, 5.41) is 5.11. The van der Waals surface area contributed by atoms with Crippen molar-refractivity contribution in [2.75, 3.05) is 11.0 Å². The number of nitrogens with two attached hydrogens (primary N) is 1. The van der Waals surface area contributed by atoms with Crippen molar-refractivity contribution >= 4 is 25.7 Å². The van der Waals surface area contributed by atoms with Crippen molar-refractivity contribution in [2.45, 2.75) is 31.6 Å². The third-order valence-corrected chi connectivity index (χ3v) is 4.05. The van der Waals surface area contributed by atoms with Crippen LogP contribution in [-0.2, 0) is 20.0 Å². The maximum atomic E-state index is 11.4. The van der Waals surface area contributed by atoms with Gasteiger partial charge in [-0.15, -0.1) is 0 Å². The van der Waals surface area contributed by atoms with Gasteiger partial charge in [0, 0.05) is 0 Å². The Kier molecular flexibility index (Phi) is 4.28. The molecule has 0 aliphatic rings. The lowest BCUT2D eigenvalue weighted by Gasteiger charge is -2.17. The Bertz CT molecular complexity index is 692. The van der Waals surface area contributed by atoms with E-state index in [0.717, 1.165) is 6.26 Å². The predicted octanol–water partition coefficient (Wildman–Crippen LogP) is 1.14. The predicted molar refractivity (Wildman–Crippen MR) is 75.1 cm³/mol. The highest BCUT2D eigenvalue weighted by atomic mass is 32.2. The van der Waals surface area contributed by atoms with Crippen LogP contribution < -0.4 is 9.86 Å². The average Bonchev–Trinajstić information content (AvgIpc) is 2.16. The van der Waals surface area contributed by atoms with Crippen LogP contribution in [0.3, 0.4) is 0 Å². The Hall–Kier alpha value is -1.12. The van der Waals surface area contributed by atoms with E-state index in [2.05, 4.69) is 4.72 Å². The topological polar surface area (TPSA) is 106 Å². The van der Waals surface area contributed by atoms with E-state index in [1.807, 2.05) is 13.8 Å². The minimum Gasteiger partial charge on any atom is -0.283 e. The van der Waals surface area contributed by atoms with E-state index in [9.17, 15) is 16.8 Å². The molecule has 0 atom stereocenters. The fraction of sp³-hybridized carbons (Fsp3) is 0.455. The Labute approximate surface area is 114 Å². The zero-order valence-electron chi connectivity index (χ0n) is 11.3. The van der Waals surface area contributed by atoms with E-state index in [0.29, 0.717) is 16.8 Å². The lowest BCUT2D eigenvalue weighted by atomic mass is 9.99. The third kappa shape index (κ3) is 4.19. The molecule has 0 heterocycles. The van der Waals surface area contributed by atoms with Crippen LogP contribution in [0, 0.1) is 6.92 Å². The minimum absolute atomic E-state index is 0.0206. The number of rotatable bonds is 4. The number of benzene rings is 1. The Balaban J connectivity index is 3.57. The molecule has 0 unspecified atom stereocenters. The molecular formula is C11H18N2O4S2. The van der Waals surface area contributed by atoms with Crippen LogP contribution >= 0.6 is 0 Å². The number of aryl methyl sites for hydroxylation is 1. The standard InChI is InChI=1S/C11H18N2O4S2/c1-7(2)10-6-9(19(12,16)17)5-8(3)11(10)13-18(4,14)15/h5-7,13H,1-4H3,(H2,12,16,17). The molecule has 3 N–H and O–H groups in total. The second kappa shape index (κ2) is 5.10. The van der Waals surface area contributed by atoms with Crippen molar-refractivity contribution in [3.8, 4) is 0 Å². The lowest BCUT2D eigenvalue weighted by Crippen LogP contribution is -2.16. The fourth-order valence-corrected chi connectivity index (χ4v) is 3.01. The van der Waals surface area contributed by atoms with Crippen LogP contribution in [0.1, 0.15) is 30.9 Å². The molecule has 0 radical (unpaired) electrons. The Morgan fingerprint density at radius 2 is 1.68 bits per heavy atom. The molecule has 0 aliphatic carbocycles. The highest BCUT2D eigenvalue weighted by Crippen LogP contribution is 2.31. The number of primary sulfonamides is 1. The molecule has 0 saturated heterocycles. The summed E-state index contributed by atoms with van der Waals surface area (Å²) in [6, 6.07) is 2.76. The zero-order chi connectivity index (χ0) is 15.0. The largest absolute Gasteiger partial charge is 0.283 e. The number of nitrogens with one attached hydrogen (secondary N) is 1. The fourth-order valence-electron chi connectivity index (χ4n) is 1.72. The highest BCUT2D eigenvalue weighted by Gasteiger charge is 2.18. The molecular weight excluding hydrogens is 288 g/mol. The van der Waals surface area contributed by atoms with E-state index >= 15 is 0 Å². The third-order valence-electron chi connectivity index (χ3n) is 2.58. The molecule has 0 bridgehead atoms. The maximum Gasteiger partial charge on any atom is 0.238 e. The van der Waals surface area contributed by atoms with Gasteiger partial charge in [-0.2, -0.15) is 0 Å². The van der Waals surface area contributed by atoms with Crippen molar-refractivity contribution in [3.05, 3.63) is 23.3 Å². The first-order valence-corrected chi connectivity index (χ1v) is 9.00. The van der Waals surface area contributed by atoms with Gasteiger partial charge < -0.3 is 0 Å². The van der Waals surface area contributed by atoms with E-state index in [4.69, 9.17) is 5.14 Å². The molecule has 8 heteroatoms. The SMILES string of the molecule is Cc1cc(S(N)(=O)=O)cc(C(C)C)c1NS(C)(=O)=O. The molecule has 108 valence electrons. The molecule has 0 amide bonds. The summed E-state index contributed by atoms with van der Waals surface area (Å²) < 4.78 is 47.9. The monoisotopic (exact) mass is 306 g/mol. The first-order chi connectivity index (χ1) is 8.42. The summed E-state index contributed by atoms with van der Waals surface area (Å²) in [5.41, 5.74) is 1.51. The van der Waals surface area contributed by atoms with E-state index in [-0.39, 0.29) is 10.8 Å². The van der Waals surface area contributed by atoms with E-state index < -0.39 is 20.0 Å². The van der Waals surface area contributed by atoms with Crippen LogP contribution in [0.4, 0.5) is 5.69 Å². The molecule has 6 nitrogen and oxygen atoms in total. The van der Waals surface area contributed by atoms with Gasteiger partial charge in [-0.25, -0.2) is 22.0 Å². The summed E-state index contributed by atoms with van der Waals surface area (Å²) in [6.07, 6.45) is 1.05. The molecule has 1 rings (SSSR count). The van der Waals surface area contributed by atoms with Gasteiger partial charge >= 0.3 is 0 Å². The molecule has 0 aromatic heterocycles. The summed E-state index contributed by atoms with van der Waals surface area (Å²) >= 11 is 0. The summed E-state index contributed by atoms with van der Waals surface area (Å²) in [6.45, 7) is 5.32. The van der Waals surface area contributed by atoms with Crippen LogP contribution in [0.25, 0.3) is 0 Å². The van der Waals surface area contributed by atoms with Crippen LogP contribution in [0.2, 0.25) is 0 Å². The Morgan fingerprint density at radius 3 is 2.05 bits per heavy atom. The van der Waals surface area contributed by atoms with Gasteiger partial charge in [0.25, 0.3) is 0 Å². The summed E-state index contributed by atoms with van der Waals surface area (Å²) in [5.74, 6) is -0.0513. The van der Waals surface area contributed by atoms with Crippen molar-refractivity contribution in [3.63, 3.8) is 0 Å². The van der Waals surface area contributed by atoms with Crippen molar-refractivity contribution in [1.82, 2.24) is 0 Å². The average molecular weight is 306 g/mol. The normalized spacial score (nSPS) is 12.7. The van der Waals surface area contributed by atoms with Crippen LogP contribution in [0.5, 0.6) is 0 Å². The first kappa shape index (κ1) is 15.9. The number of hydrogen-bond donors (Lipinski definition) is 2. The maximum absolute atomic E-state index is 11.4. The van der Waals surface area contributed by atoms with Crippen molar-refractivity contribution < 1.29 is 16.8 Å². The van der Waals surface area contributed by atoms with Gasteiger partial charge in [-0.05, 0) is 36.1 Å². The molecule has 0 fully saturated rings. The smallest absolute Gasteiger partial charge is 0.238 e. The van der Waals surface area contributed by atoms with E-state index in [1.165, 1.54) is 12.1 Å². The van der Waals surface area contributed by atoms with Crippen molar-refractivity contribution in [1.29, 1.82) is 0 Å². The molecule has 0 aliphatic heterocycles. The lowest BCUT2D eigenvalue weighted by molar-refractivity contribution is 0.597. The van der Waals surface area contributed by atoms with Gasteiger partial charge in [0.1, 0.15) is 0 Å². The van der Waals surface area contributed by atoms with Gasteiger partial charge in [0.2, 0.25) is 20.0 Å². The van der Waals surface area contributed by atoms with Crippen LogP contribution in [0.15, 0.2) is 17.0 Å². The van der Waals surface area contributed by atoms with Gasteiger partial charge in [-0.3, -0.25) is 4.72 Å². The van der Waals surface area contributed by atoms with Gasteiger partial charge in [0.05, 0.1) is 16.8 Å². The van der Waals surface area contributed by atoms with Crippen LogP contribution in [-0.4, -0.2) is 23.1 Å². The highest BCUT2D eigenvalue weighted by molar-refractivity contribution is 7.92. The number of hydrogen-bond acceptors (Lipinski definition) is 4. The van der Waals surface area contributed by atoms with Gasteiger partial charge in [0.15, 0.2) is 0 Å². The summed E-state index contributed by atoms with van der Waals surface area (Å²) in [7, 11) is -7.25. The van der Waals surface area contributed by atoms with Crippen molar-refractivity contribution in [2.24, 2.45) is 5.14 Å². The quantitative estimate of drug-likeness (QED) is 0.869. The molecule has 1 aromatic carbocycles. The summed E-state index contributed by atoms with van der Waals surface area (Å²) in [4.78, 5) is -0.0206. The van der Waals surface area contributed by atoms with E-state index in [1.54, 1.807) is 6.92 Å². The van der Waals surface area contributed by atoms with Gasteiger partial charge in [-0.1, -0.05) is 13.8 Å². The second-order valence-electron chi connectivity index (χ2n) is 4.78. The number of sulfonamides is 2. The Morgan fingerprint density at radius 1 is 1.16 bits per heavy atom. The minimum atomic E-state index is -3.82. The molecule has 19 heavy (non-hydrogen) atoms. The number of anilines is 1.